The minimum absolute atomic E-state index is 0.0906. The summed E-state index contributed by atoms with van der Waals surface area (Å²) in [6.45, 7) is 4.71. The number of aliphatic hydroxyl groups is 1. The molecule has 0 aromatic heterocycles. The fourth-order valence-electron chi connectivity index (χ4n) is 3.65. The summed E-state index contributed by atoms with van der Waals surface area (Å²) in [5.41, 5.74) is 0.813. The number of aromatic hydroxyl groups is 1. The summed E-state index contributed by atoms with van der Waals surface area (Å²) >= 11 is 12.4. The minimum atomic E-state index is -0.110. The lowest BCUT2D eigenvalue weighted by Gasteiger charge is -2.41. The smallest absolute Gasteiger partial charge is 0.134 e. The first-order chi connectivity index (χ1) is 11.0. The van der Waals surface area contributed by atoms with Crippen molar-refractivity contribution in [2.45, 2.75) is 44.4 Å². The summed E-state index contributed by atoms with van der Waals surface area (Å²) in [4.78, 5) is 4.88. The predicted octanol–water partition coefficient (Wildman–Crippen LogP) is 3.12. The first-order valence-electron chi connectivity index (χ1n) is 8.35. The lowest BCUT2D eigenvalue weighted by Crippen LogP contribution is -2.48. The highest BCUT2D eigenvalue weighted by molar-refractivity contribution is 6.36. The molecule has 0 bridgehead atoms. The van der Waals surface area contributed by atoms with Crippen LogP contribution in [-0.4, -0.2) is 58.3 Å². The molecular weight excluding hydrogens is 335 g/mol. The van der Waals surface area contributed by atoms with Crippen LogP contribution in [0.5, 0.6) is 5.75 Å². The van der Waals surface area contributed by atoms with Gasteiger partial charge in [0.05, 0.1) is 11.1 Å². The van der Waals surface area contributed by atoms with E-state index in [0.29, 0.717) is 22.6 Å². The average Bonchev–Trinajstić information content (AvgIpc) is 2.57. The molecule has 6 heteroatoms. The zero-order valence-electron chi connectivity index (χ0n) is 13.2. The summed E-state index contributed by atoms with van der Waals surface area (Å²) < 4.78 is 0. The molecule has 2 aliphatic heterocycles. The van der Waals surface area contributed by atoms with Crippen LogP contribution in [-0.2, 0) is 6.54 Å². The Balaban J connectivity index is 1.55. The monoisotopic (exact) mass is 358 g/mol. The van der Waals surface area contributed by atoms with Crippen molar-refractivity contribution >= 4 is 23.2 Å². The van der Waals surface area contributed by atoms with Gasteiger partial charge in [0, 0.05) is 36.3 Å². The Morgan fingerprint density at radius 3 is 2.30 bits per heavy atom. The number of halogens is 2. The predicted molar refractivity (Wildman–Crippen MR) is 93.2 cm³/mol. The fourth-order valence-corrected chi connectivity index (χ4v) is 4.14. The Kier molecular flexibility index (Phi) is 5.70. The molecule has 0 atom stereocenters. The molecule has 3 rings (SSSR count). The van der Waals surface area contributed by atoms with Gasteiger partial charge in [-0.1, -0.05) is 23.2 Å². The van der Waals surface area contributed by atoms with Gasteiger partial charge in [0.1, 0.15) is 5.75 Å². The van der Waals surface area contributed by atoms with Crippen molar-refractivity contribution in [1.82, 2.24) is 9.80 Å². The van der Waals surface area contributed by atoms with Gasteiger partial charge in [0.2, 0.25) is 0 Å². The normalized spacial score (nSPS) is 22.6. The quantitative estimate of drug-likeness (QED) is 0.871. The van der Waals surface area contributed by atoms with Gasteiger partial charge >= 0.3 is 0 Å². The largest absolute Gasteiger partial charge is 0.506 e. The number of benzene rings is 1. The second-order valence-electron chi connectivity index (χ2n) is 6.63. The van der Waals surface area contributed by atoms with Gasteiger partial charge < -0.3 is 15.1 Å². The Bertz CT molecular complexity index is 540. The molecule has 0 amide bonds. The van der Waals surface area contributed by atoms with Crippen LogP contribution in [0.4, 0.5) is 0 Å². The van der Waals surface area contributed by atoms with Crippen LogP contribution in [0.3, 0.4) is 0 Å². The van der Waals surface area contributed by atoms with Crippen molar-refractivity contribution in [2.75, 3.05) is 26.2 Å². The zero-order chi connectivity index (χ0) is 16.4. The number of likely N-dealkylation sites (tertiary alicyclic amines) is 2. The number of aliphatic hydroxyl groups excluding tert-OH is 1. The number of nitrogens with zero attached hydrogens (tertiary/aromatic N) is 2. The van der Waals surface area contributed by atoms with Gasteiger partial charge in [-0.15, -0.1) is 0 Å². The first kappa shape index (κ1) is 17.3. The summed E-state index contributed by atoms with van der Waals surface area (Å²) in [6, 6.07) is 3.85. The third-order valence-corrected chi connectivity index (χ3v) is 5.90. The standard InChI is InChI=1S/C17H24Cl2N2O2/c18-15-1-2-16(23)17(19)14(15)11-20-7-3-12(4-8-20)21-9-5-13(22)6-10-21/h1-2,12-13,22-23H,3-11H2. The highest BCUT2D eigenvalue weighted by atomic mass is 35.5. The molecule has 0 radical (unpaired) electrons. The highest BCUT2D eigenvalue weighted by Gasteiger charge is 2.28. The topological polar surface area (TPSA) is 46.9 Å². The van der Waals surface area contributed by atoms with Crippen molar-refractivity contribution in [1.29, 1.82) is 0 Å². The van der Waals surface area contributed by atoms with Gasteiger partial charge in [-0.25, -0.2) is 0 Å². The van der Waals surface area contributed by atoms with Crippen LogP contribution in [0, 0.1) is 0 Å². The summed E-state index contributed by atoms with van der Waals surface area (Å²) in [5.74, 6) is 0.0906. The van der Waals surface area contributed by atoms with E-state index in [1.54, 1.807) is 6.07 Å². The van der Waals surface area contributed by atoms with Gasteiger partial charge in [-0.2, -0.15) is 0 Å². The molecular formula is C17H24Cl2N2O2. The molecule has 23 heavy (non-hydrogen) atoms. The minimum Gasteiger partial charge on any atom is -0.506 e. The number of hydrogen-bond acceptors (Lipinski definition) is 4. The average molecular weight is 359 g/mol. The maximum absolute atomic E-state index is 9.75. The third-order valence-electron chi connectivity index (χ3n) is 5.12. The second-order valence-corrected chi connectivity index (χ2v) is 7.42. The molecule has 0 saturated carbocycles. The van der Waals surface area contributed by atoms with Crippen LogP contribution >= 0.6 is 23.2 Å². The van der Waals surface area contributed by atoms with Crippen molar-refractivity contribution in [3.63, 3.8) is 0 Å². The van der Waals surface area contributed by atoms with Gasteiger partial charge in [0.15, 0.2) is 0 Å². The third kappa shape index (κ3) is 4.12. The number of phenolic OH excluding ortho intramolecular Hbond substituents is 1. The van der Waals surface area contributed by atoms with E-state index in [9.17, 15) is 10.2 Å². The van der Waals surface area contributed by atoms with E-state index in [0.717, 1.165) is 57.4 Å². The van der Waals surface area contributed by atoms with E-state index in [1.165, 1.54) is 6.07 Å². The van der Waals surface area contributed by atoms with Gasteiger partial charge in [-0.3, -0.25) is 4.90 Å². The summed E-state index contributed by atoms with van der Waals surface area (Å²) in [7, 11) is 0. The maximum atomic E-state index is 9.75. The van der Waals surface area contributed by atoms with Crippen LogP contribution in [0.1, 0.15) is 31.2 Å². The maximum Gasteiger partial charge on any atom is 0.134 e. The Morgan fingerprint density at radius 1 is 1.00 bits per heavy atom. The van der Waals surface area contributed by atoms with E-state index in [2.05, 4.69) is 9.80 Å². The van der Waals surface area contributed by atoms with Gasteiger partial charge in [0.25, 0.3) is 0 Å². The number of rotatable bonds is 3. The molecule has 1 aromatic rings. The van der Waals surface area contributed by atoms with Crippen molar-refractivity contribution < 1.29 is 10.2 Å². The Hall–Kier alpha value is -0.520. The fraction of sp³-hybridized carbons (Fsp3) is 0.647. The second kappa shape index (κ2) is 7.58. The molecule has 1 aromatic carbocycles. The molecule has 2 heterocycles. The molecule has 0 aliphatic carbocycles. The van der Waals surface area contributed by atoms with Crippen molar-refractivity contribution in [3.8, 4) is 5.75 Å². The zero-order valence-corrected chi connectivity index (χ0v) is 14.7. The molecule has 0 unspecified atom stereocenters. The molecule has 2 fully saturated rings. The SMILES string of the molecule is Oc1ccc(Cl)c(CN2CCC(N3CCC(O)CC3)CC2)c1Cl. The molecule has 2 N–H and O–H groups in total. The van der Waals surface area contributed by atoms with E-state index in [4.69, 9.17) is 23.2 Å². The Morgan fingerprint density at radius 2 is 1.65 bits per heavy atom. The number of hydrogen-bond donors (Lipinski definition) is 2. The van der Waals surface area contributed by atoms with Crippen molar-refractivity contribution in [3.05, 3.63) is 27.7 Å². The van der Waals surface area contributed by atoms with Crippen LogP contribution in [0.2, 0.25) is 10.0 Å². The lowest BCUT2D eigenvalue weighted by atomic mass is 9.98. The molecule has 128 valence electrons. The molecule has 2 aliphatic rings. The molecule has 2 saturated heterocycles. The Labute approximate surface area is 147 Å². The van der Waals surface area contributed by atoms with E-state index < -0.39 is 0 Å². The van der Waals surface area contributed by atoms with Crippen LogP contribution in [0.25, 0.3) is 0 Å². The lowest BCUT2D eigenvalue weighted by molar-refractivity contribution is 0.0375. The van der Waals surface area contributed by atoms with E-state index in [-0.39, 0.29) is 11.9 Å². The number of phenols is 1. The molecule has 0 spiro atoms. The number of piperidine rings is 2. The van der Waals surface area contributed by atoms with Gasteiger partial charge in [-0.05, 0) is 50.9 Å². The van der Waals surface area contributed by atoms with E-state index in [1.807, 2.05) is 0 Å². The highest BCUT2D eigenvalue weighted by Crippen LogP contribution is 2.34. The van der Waals surface area contributed by atoms with Crippen molar-refractivity contribution in [2.24, 2.45) is 0 Å². The summed E-state index contributed by atoms with van der Waals surface area (Å²) in [6.07, 6.45) is 3.94. The van der Waals surface area contributed by atoms with Crippen LogP contribution < -0.4 is 0 Å². The van der Waals surface area contributed by atoms with E-state index >= 15 is 0 Å². The first-order valence-corrected chi connectivity index (χ1v) is 9.10. The van der Waals surface area contributed by atoms with Crippen LogP contribution in [0.15, 0.2) is 12.1 Å². The summed E-state index contributed by atoms with van der Waals surface area (Å²) in [5, 5.41) is 20.4. The molecule has 4 nitrogen and oxygen atoms in total.